The maximum absolute atomic E-state index is 5.14. The first-order valence-corrected chi connectivity index (χ1v) is 10.6. The molecule has 0 radical (unpaired) electrons. The van der Waals surface area contributed by atoms with Crippen LogP contribution in [-0.2, 0) is 30.9 Å². The summed E-state index contributed by atoms with van der Waals surface area (Å²) >= 11 is 0. The maximum atomic E-state index is 5.14. The molecule has 1 atom stereocenters. The number of nitrogens with one attached hydrogen (secondary N) is 2. The Bertz CT molecular complexity index is 1030. The lowest BCUT2D eigenvalue weighted by atomic mass is 10.1. The topological polar surface area (TPSA) is 107 Å². The molecular formula is C21H30IN9O. The predicted molar refractivity (Wildman–Crippen MR) is 132 cm³/mol. The summed E-state index contributed by atoms with van der Waals surface area (Å²) < 4.78 is 9.07. The number of aliphatic imine (C=N–C) groups is 1. The molecule has 0 saturated heterocycles. The van der Waals surface area contributed by atoms with Crippen molar-refractivity contribution in [2.75, 3.05) is 13.7 Å². The van der Waals surface area contributed by atoms with Crippen molar-refractivity contribution in [1.82, 2.24) is 39.9 Å². The molecule has 4 heterocycles. The highest BCUT2D eigenvalue weighted by molar-refractivity contribution is 14.0. The average molecular weight is 551 g/mol. The first kappa shape index (κ1) is 24.1. The number of halogens is 1. The molecule has 172 valence electrons. The van der Waals surface area contributed by atoms with Crippen molar-refractivity contribution in [3.63, 3.8) is 0 Å². The zero-order valence-corrected chi connectivity index (χ0v) is 21.0. The van der Waals surface area contributed by atoms with Crippen LogP contribution in [0.1, 0.15) is 36.4 Å². The minimum Gasteiger partial charge on any atom is -0.377 e. The van der Waals surface area contributed by atoms with Crippen LogP contribution in [0.15, 0.2) is 35.7 Å². The Kier molecular flexibility index (Phi) is 8.56. The van der Waals surface area contributed by atoms with Crippen LogP contribution in [-0.4, -0.2) is 55.0 Å². The van der Waals surface area contributed by atoms with Crippen LogP contribution in [0, 0.1) is 6.92 Å². The molecule has 0 aromatic carbocycles. The summed E-state index contributed by atoms with van der Waals surface area (Å²) in [5.74, 6) is 4.32. The fourth-order valence-corrected chi connectivity index (χ4v) is 3.63. The van der Waals surface area contributed by atoms with Gasteiger partial charge in [0, 0.05) is 44.7 Å². The van der Waals surface area contributed by atoms with Crippen LogP contribution in [0.4, 0.5) is 0 Å². The summed E-state index contributed by atoms with van der Waals surface area (Å²) in [5, 5.41) is 11.4. The summed E-state index contributed by atoms with van der Waals surface area (Å²) in [7, 11) is 1.66. The van der Waals surface area contributed by atoms with E-state index in [4.69, 9.17) is 9.73 Å². The fraction of sp³-hybridized carbons (Fsp3) is 0.476. The summed E-state index contributed by atoms with van der Waals surface area (Å²) in [6.45, 7) is 6.56. The van der Waals surface area contributed by atoms with Crippen LogP contribution in [0.2, 0.25) is 0 Å². The quantitative estimate of drug-likeness (QED) is 0.263. The van der Waals surface area contributed by atoms with Crippen molar-refractivity contribution >= 4 is 29.9 Å². The summed E-state index contributed by atoms with van der Waals surface area (Å²) in [6, 6.07) is 4.28. The van der Waals surface area contributed by atoms with E-state index >= 15 is 0 Å². The SMILES string of the molecule is CCNC(=NCc1ccc(-n2ccnc2C)nc1)NC1CCc2nc(COC)nn2C1.I. The zero-order valence-electron chi connectivity index (χ0n) is 18.7. The Morgan fingerprint density at radius 3 is 2.88 bits per heavy atom. The van der Waals surface area contributed by atoms with E-state index in [1.165, 1.54) is 0 Å². The van der Waals surface area contributed by atoms with Crippen molar-refractivity contribution in [3.8, 4) is 5.82 Å². The van der Waals surface area contributed by atoms with Gasteiger partial charge in [0.1, 0.15) is 24.1 Å². The molecular weight excluding hydrogens is 521 g/mol. The Hall–Kier alpha value is -2.54. The van der Waals surface area contributed by atoms with Crippen molar-refractivity contribution in [2.45, 2.75) is 52.4 Å². The maximum Gasteiger partial charge on any atom is 0.191 e. The summed E-state index contributed by atoms with van der Waals surface area (Å²) in [5.41, 5.74) is 1.05. The van der Waals surface area contributed by atoms with E-state index in [-0.39, 0.29) is 30.0 Å². The minimum absolute atomic E-state index is 0. The lowest BCUT2D eigenvalue weighted by Gasteiger charge is -2.25. The molecule has 0 amide bonds. The van der Waals surface area contributed by atoms with Crippen LogP contribution >= 0.6 is 24.0 Å². The van der Waals surface area contributed by atoms with Crippen LogP contribution in [0.25, 0.3) is 5.82 Å². The highest BCUT2D eigenvalue weighted by atomic mass is 127. The Labute approximate surface area is 204 Å². The normalized spacial score (nSPS) is 15.7. The minimum atomic E-state index is 0. The molecule has 32 heavy (non-hydrogen) atoms. The number of nitrogens with zero attached hydrogens (tertiary/aromatic N) is 7. The van der Waals surface area contributed by atoms with E-state index in [1.54, 1.807) is 13.3 Å². The first-order chi connectivity index (χ1) is 15.2. The third kappa shape index (κ3) is 5.82. The van der Waals surface area contributed by atoms with Gasteiger partial charge in [0.2, 0.25) is 0 Å². The van der Waals surface area contributed by atoms with Gasteiger partial charge in [0.15, 0.2) is 11.8 Å². The number of aromatic nitrogens is 6. The van der Waals surface area contributed by atoms with Crippen molar-refractivity contribution in [2.24, 2.45) is 4.99 Å². The number of imidazole rings is 1. The van der Waals surface area contributed by atoms with Gasteiger partial charge in [0.05, 0.1) is 13.1 Å². The molecule has 2 N–H and O–H groups in total. The number of pyridine rings is 1. The Morgan fingerprint density at radius 1 is 1.31 bits per heavy atom. The average Bonchev–Trinajstić information content (AvgIpc) is 3.38. The van der Waals surface area contributed by atoms with Gasteiger partial charge in [-0.3, -0.25) is 4.57 Å². The Morgan fingerprint density at radius 2 is 2.19 bits per heavy atom. The van der Waals surface area contributed by atoms with Gasteiger partial charge < -0.3 is 15.4 Å². The van der Waals surface area contributed by atoms with Gasteiger partial charge in [-0.15, -0.1) is 24.0 Å². The summed E-state index contributed by atoms with van der Waals surface area (Å²) in [4.78, 5) is 18.1. The molecule has 0 saturated carbocycles. The second kappa shape index (κ2) is 11.4. The van der Waals surface area contributed by atoms with Gasteiger partial charge in [-0.2, -0.15) is 5.10 Å². The van der Waals surface area contributed by atoms with Gasteiger partial charge in [-0.25, -0.2) is 24.6 Å². The number of methoxy groups -OCH3 is 1. The first-order valence-electron chi connectivity index (χ1n) is 10.6. The smallest absolute Gasteiger partial charge is 0.191 e. The number of ether oxygens (including phenoxy) is 1. The number of guanidine groups is 1. The molecule has 0 fully saturated rings. The third-order valence-electron chi connectivity index (χ3n) is 5.16. The van der Waals surface area contributed by atoms with E-state index in [2.05, 4.69) is 43.7 Å². The predicted octanol–water partition coefficient (Wildman–Crippen LogP) is 2.00. The largest absolute Gasteiger partial charge is 0.377 e. The number of rotatable bonds is 7. The van der Waals surface area contributed by atoms with Gasteiger partial charge in [-0.05, 0) is 31.9 Å². The second-order valence-electron chi connectivity index (χ2n) is 7.50. The van der Waals surface area contributed by atoms with Gasteiger partial charge >= 0.3 is 0 Å². The highest BCUT2D eigenvalue weighted by Crippen LogP contribution is 2.14. The van der Waals surface area contributed by atoms with Crippen LogP contribution in [0.5, 0.6) is 0 Å². The highest BCUT2D eigenvalue weighted by Gasteiger charge is 2.22. The van der Waals surface area contributed by atoms with E-state index in [9.17, 15) is 0 Å². The van der Waals surface area contributed by atoms with E-state index in [1.807, 2.05) is 34.6 Å². The summed E-state index contributed by atoms with van der Waals surface area (Å²) in [6.07, 6.45) is 7.41. The van der Waals surface area contributed by atoms with Crippen molar-refractivity contribution < 1.29 is 4.74 Å². The number of hydrogen-bond donors (Lipinski definition) is 2. The Balaban J connectivity index is 0.00000289. The molecule has 4 rings (SSSR count). The van der Waals surface area contributed by atoms with E-state index < -0.39 is 0 Å². The number of hydrogen-bond acceptors (Lipinski definition) is 6. The lowest BCUT2D eigenvalue weighted by molar-refractivity contribution is 0.177. The molecule has 1 unspecified atom stereocenters. The molecule has 0 spiro atoms. The fourth-order valence-electron chi connectivity index (χ4n) is 3.63. The molecule has 11 heteroatoms. The van der Waals surface area contributed by atoms with Crippen molar-refractivity contribution in [1.29, 1.82) is 0 Å². The van der Waals surface area contributed by atoms with Gasteiger partial charge in [-0.1, -0.05) is 6.07 Å². The molecule has 1 aliphatic heterocycles. The van der Waals surface area contributed by atoms with Crippen molar-refractivity contribution in [3.05, 3.63) is 53.8 Å². The van der Waals surface area contributed by atoms with E-state index in [0.29, 0.717) is 13.2 Å². The zero-order chi connectivity index (χ0) is 21.6. The third-order valence-corrected chi connectivity index (χ3v) is 5.16. The molecule has 3 aromatic heterocycles. The van der Waals surface area contributed by atoms with Crippen LogP contribution < -0.4 is 10.6 Å². The molecule has 3 aromatic rings. The molecule has 10 nitrogen and oxygen atoms in total. The molecule has 0 bridgehead atoms. The standard InChI is InChI=1S/C21H29N9O.HI/c1-4-22-21(26-17-6-8-20-27-18(14-31-3)28-30(20)13-17)25-12-16-5-7-19(24-11-16)29-10-9-23-15(29)2;/h5,7,9-11,17H,4,6,8,12-14H2,1-3H3,(H2,22,25,26);1H. The lowest BCUT2D eigenvalue weighted by Crippen LogP contribution is -2.47. The van der Waals surface area contributed by atoms with Crippen LogP contribution in [0.3, 0.4) is 0 Å². The monoisotopic (exact) mass is 551 g/mol. The molecule has 0 aliphatic carbocycles. The second-order valence-corrected chi connectivity index (χ2v) is 7.50. The molecule has 1 aliphatic rings. The van der Waals surface area contributed by atoms with Gasteiger partial charge in [0.25, 0.3) is 0 Å². The number of fused-ring (bicyclic) bond motifs is 1. The van der Waals surface area contributed by atoms with E-state index in [0.717, 1.165) is 60.7 Å². The number of aryl methyl sites for hydroxylation is 2.